The molecule has 3 heteroatoms. The van der Waals surface area contributed by atoms with Crippen molar-refractivity contribution in [2.45, 2.75) is 51.9 Å². The highest BCUT2D eigenvalue weighted by Crippen LogP contribution is 2.40. The van der Waals surface area contributed by atoms with Gasteiger partial charge < -0.3 is 4.74 Å². The predicted octanol–water partition coefficient (Wildman–Crippen LogP) is 3.64. The Hall–Kier alpha value is -1.64. The SMILES string of the molecule is COc1cc(C2(C)CCC(=O)C(C)C2=O)ccc1C(C)C. The van der Waals surface area contributed by atoms with Crippen LogP contribution in [0.5, 0.6) is 5.75 Å². The standard InChI is InChI=1S/C18H24O3/c1-11(2)14-7-6-13(10-16(14)21-5)18(4)9-8-15(19)12(3)17(18)20/h6-7,10-12H,8-9H2,1-5H3. The molecule has 0 heterocycles. The Labute approximate surface area is 126 Å². The Kier molecular flexibility index (Phi) is 4.22. The van der Waals surface area contributed by atoms with E-state index in [9.17, 15) is 9.59 Å². The number of carbonyl (C=O) groups is 2. The number of carbonyl (C=O) groups excluding carboxylic acids is 2. The summed E-state index contributed by atoms with van der Waals surface area (Å²) in [6.45, 7) is 7.90. The molecule has 2 atom stereocenters. The molecule has 1 aliphatic carbocycles. The highest BCUT2D eigenvalue weighted by Gasteiger charge is 2.44. The van der Waals surface area contributed by atoms with Crippen molar-refractivity contribution >= 4 is 11.6 Å². The van der Waals surface area contributed by atoms with Crippen molar-refractivity contribution in [3.05, 3.63) is 29.3 Å². The molecule has 0 spiro atoms. The van der Waals surface area contributed by atoms with Crippen LogP contribution in [0.25, 0.3) is 0 Å². The Morgan fingerprint density at radius 1 is 1.29 bits per heavy atom. The van der Waals surface area contributed by atoms with Crippen LogP contribution >= 0.6 is 0 Å². The van der Waals surface area contributed by atoms with E-state index < -0.39 is 11.3 Å². The number of ketones is 2. The van der Waals surface area contributed by atoms with Gasteiger partial charge in [0.1, 0.15) is 11.5 Å². The van der Waals surface area contributed by atoms with Crippen molar-refractivity contribution in [3.63, 3.8) is 0 Å². The van der Waals surface area contributed by atoms with Gasteiger partial charge >= 0.3 is 0 Å². The van der Waals surface area contributed by atoms with Crippen LogP contribution in [0.3, 0.4) is 0 Å². The number of rotatable bonds is 3. The van der Waals surface area contributed by atoms with E-state index in [2.05, 4.69) is 13.8 Å². The third-order valence-corrected chi connectivity index (χ3v) is 4.78. The molecule has 1 aliphatic rings. The van der Waals surface area contributed by atoms with Gasteiger partial charge in [-0.15, -0.1) is 0 Å². The molecule has 2 rings (SSSR count). The van der Waals surface area contributed by atoms with Gasteiger partial charge in [0.25, 0.3) is 0 Å². The normalized spacial score (nSPS) is 26.3. The number of ether oxygens (including phenoxy) is 1. The Morgan fingerprint density at radius 3 is 2.52 bits per heavy atom. The zero-order valence-corrected chi connectivity index (χ0v) is 13.5. The van der Waals surface area contributed by atoms with E-state index in [1.54, 1.807) is 14.0 Å². The summed E-state index contributed by atoms with van der Waals surface area (Å²) in [7, 11) is 1.65. The van der Waals surface area contributed by atoms with Crippen molar-refractivity contribution in [1.29, 1.82) is 0 Å². The van der Waals surface area contributed by atoms with Crippen LogP contribution in [0.2, 0.25) is 0 Å². The van der Waals surface area contributed by atoms with E-state index in [4.69, 9.17) is 4.74 Å². The first-order chi connectivity index (χ1) is 9.81. The molecular weight excluding hydrogens is 264 g/mol. The first-order valence-electron chi connectivity index (χ1n) is 7.56. The summed E-state index contributed by atoms with van der Waals surface area (Å²) in [5.74, 6) is 0.770. The second-order valence-corrected chi connectivity index (χ2v) is 6.50. The molecule has 0 N–H and O–H groups in total. The maximum absolute atomic E-state index is 12.6. The average Bonchev–Trinajstić information content (AvgIpc) is 2.48. The predicted molar refractivity (Wildman–Crippen MR) is 82.8 cm³/mol. The molecule has 0 radical (unpaired) electrons. The quantitative estimate of drug-likeness (QED) is 0.797. The lowest BCUT2D eigenvalue weighted by Gasteiger charge is -2.35. The van der Waals surface area contributed by atoms with Gasteiger partial charge in [-0.05, 0) is 43.4 Å². The van der Waals surface area contributed by atoms with Crippen LogP contribution in [0, 0.1) is 5.92 Å². The monoisotopic (exact) mass is 288 g/mol. The van der Waals surface area contributed by atoms with E-state index in [-0.39, 0.29) is 11.6 Å². The highest BCUT2D eigenvalue weighted by molar-refractivity contribution is 6.09. The Bertz CT molecular complexity index is 574. The summed E-state index contributed by atoms with van der Waals surface area (Å²) in [5, 5.41) is 0. The summed E-state index contributed by atoms with van der Waals surface area (Å²) in [6, 6.07) is 6.02. The van der Waals surface area contributed by atoms with Crippen molar-refractivity contribution in [2.75, 3.05) is 7.11 Å². The van der Waals surface area contributed by atoms with Crippen LogP contribution in [0.15, 0.2) is 18.2 Å². The van der Waals surface area contributed by atoms with Gasteiger partial charge in [-0.1, -0.05) is 26.0 Å². The minimum atomic E-state index is -0.587. The lowest BCUT2D eigenvalue weighted by Crippen LogP contribution is -2.44. The molecule has 114 valence electrons. The smallest absolute Gasteiger partial charge is 0.153 e. The second kappa shape index (κ2) is 5.63. The summed E-state index contributed by atoms with van der Waals surface area (Å²) in [5.41, 5.74) is 1.50. The average molecular weight is 288 g/mol. The van der Waals surface area contributed by atoms with E-state index in [1.165, 1.54) is 0 Å². The van der Waals surface area contributed by atoms with Crippen molar-refractivity contribution in [2.24, 2.45) is 5.92 Å². The Balaban J connectivity index is 2.46. The van der Waals surface area contributed by atoms with Crippen molar-refractivity contribution in [3.8, 4) is 5.75 Å². The molecular formula is C18H24O3. The van der Waals surface area contributed by atoms with Crippen LogP contribution < -0.4 is 4.74 Å². The summed E-state index contributed by atoms with van der Waals surface area (Å²) < 4.78 is 5.49. The minimum Gasteiger partial charge on any atom is -0.496 e. The highest BCUT2D eigenvalue weighted by atomic mass is 16.5. The zero-order valence-electron chi connectivity index (χ0n) is 13.5. The second-order valence-electron chi connectivity index (χ2n) is 6.50. The molecule has 1 saturated carbocycles. The molecule has 3 nitrogen and oxygen atoms in total. The van der Waals surface area contributed by atoms with E-state index in [1.807, 2.05) is 25.1 Å². The molecule has 1 aromatic rings. The fraction of sp³-hybridized carbons (Fsp3) is 0.556. The van der Waals surface area contributed by atoms with Crippen LogP contribution in [-0.2, 0) is 15.0 Å². The number of Topliss-reactive ketones (excluding diaryl/α,β-unsaturated/α-hetero) is 2. The van der Waals surface area contributed by atoms with Gasteiger partial charge in [-0.2, -0.15) is 0 Å². The molecule has 0 amide bonds. The molecule has 1 fully saturated rings. The third-order valence-electron chi connectivity index (χ3n) is 4.78. The molecule has 0 saturated heterocycles. The molecule has 0 bridgehead atoms. The van der Waals surface area contributed by atoms with Crippen molar-refractivity contribution < 1.29 is 14.3 Å². The molecule has 2 unspecified atom stereocenters. The van der Waals surface area contributed by atoms with Crippen LogP contribution in [0.4, 0.5) is 0 Å². The van der Waals surface area contributed by atoms with Crippen LogP contribution in [-0.4, -0.2) is 18.7 Å². The zero-order chi connectivity index (χ0) is 15.8. The lowest BCUT2D eigenvalue weighted by atomic mass is 9.66. The van der Waals surface area contributed by atoms with Gasteiger partial charge in [0.2, 0.25) is 0 Å². The fourth-order valence-corrected chi connectivity index (χ4v) is 3.15. The summed E-state index contributed by atoms with van der Waals surface area (Å²) in [4.78, 5) is 24.4. The fourth-order valence-electron chi connectivity index (χ4n) is 3.15. The Morgan fingerprint density at radius 2 is 1.95 bits per heavy atom. The number of hydrogen-bond donors (Lipinski definition) is 0. The van der Waals surface area contributed by atoms with E-state index in [0.717, 1.165) is 16.9 Å². The first-order valence-corrected chi connectivity index (χ1v) is 7.56. The largest absolute Gasteiger partial charge is 0.496 e. The minimum absolute atomic E-state index is 0.0260. The summed E-state index contributed by atoms with van der Waals surface area (Å²) in [6.07, 6.45) is 1.05. The molecule has 1 aromatic carbocycles. The maximum Gasteiger partial charge on any atom is 0.153 e. The van der Waals surface area contributed by atoms with Gasteiger partial charge in [0, 0.05) is 6.42 Å². The van der Waals surface area contributed by atoms with E-state index in [0.29, 0.717) is 18.8 Å². The first kappa shape index (κ1) is 15.7. The van der Waals surface area contributed by atoms with Gasteiger partial charge in [0.15, 0.2) is 5.78 Å². The maximum atomic E-state index is 12.6. The van der Waals surface area contributed by atoms with Gasteiger partial charge in [0.05, 0.1) is 18.4 Å². The number of methoxy groups -OCH3 is 1. The lowest BCUT2D eigenvalue weighted by molar-refractivity contribution is -0.139. The van der Waals surface area contributed by atoms with Gasteiger partial charge in [-0.3, -0.25) is 9.59 Å². The molecule has 21 heavy (non-hydrogen) atoms. The van der Waals surface area contributed by atoms with Crippen molar-refractivity contribution in [1.82, 2.24) is 0 Å². The molecule has 0 aromatic heterocycles. The van der Waals surface area contributed by atoms with Crippen LogP contribution in [0.1, 0.15) is 57.6 Å². The topological polar surface area (TPSA) is 43.4 Å². The number of hydrogen-bond acceptors (Lipinski definition) is 3. The third kappa shape index (κ3) is 2.61. The number of benzene rings is 1. The van der Waals surface area contributed by atoms with E-state index >= 15 is 0 Å². The van der Waals surface area contributed by atoms with Gasteiger partial charge in [-0.25, -0.2) is 0 Å². The molecule has 0 aliphatic heterocycles. The summed E-state index contributed by atoms with van der Waals surface area (Å²) >= 11 is 0.